The number of esters is 1. The molecule has 2 aromatic rings. The highest BCUT2D eigenvalue weighted by atomic mass is 32.2. The summed E-state index contributed by atoms with van der Waals surface area (Å²) in [6.45, 7) is 4.62. The van der Waals surface area contributed by atoms with Crippen LogP contribution in [0.3, 0.4) is 0 Å². The normalized spacial score (nSPS) is 12.6. The molecule has 7 heteroatoms. The maximum Gasteiger partial charge on any atom is 0.314 e. The van der Waals surface area contributed by atoms with E-state index >= 15 is 0 Å². The summed E-state index contributed by atoms with van der Waals surface area (Å²) >= 11 is 0. The predicted molar refractivity (Wildman–Crippen MR) is 104 cm³/mol. The molecule has 0 bridgehead atoms. The Morgan fingerprint density at radius 2 is 1.67 bits per heavy atom. The van der Waals surface area contributed by atoms with Crippen molar-refractivity contribution in [1.29, 1.82) is 0 Å². The zero-order valence-corrected chi connectivity index (χ0v) is 16.5. The lowest BCUT2D eigenvalue weighted by Gasteiger charge is -2.19. The molecule has 27 heavy (non-hydrogen) atoms. The summed E-state index contributed by atoms with van der Waals surface area (Å²) in [6.07, 6.45) is 0.763. The van der Waals surface area contributed by atoms with E-state index in [1.165, 1.54) is 12.1 Å². The summed E-state index contributed by atoms with van der Waals surface area (Å²) in [5, 5.41) is 3.28. The Balaban J connectivity index is 2.10. The fourth-order valence-corrected chi connectivity index (χ4v) is 3.00. The van der Waals surface area contributed by atoms with Crippen molar-refractivity contribution in [3.63, 3.8) is 0 Å². The second-order valence-electron chi connectivity index (χ2n) is 6.51. The molecule has 0 saturated heterocycles. The molecule has 2 aromatic carbocycles. The van der Waals surface area contributed by atoms with Gasteiger partial charge in [-0.15, -0.1) is 0 Å². The average Bonchev–Trinajstić information content (AvgIpc) is 2.58. The molecule has 6 nitrogen and oxygen atoms in total. The van der Waals surface area contributed by atoms with Gasteiger partial charge in [0.05, 0.1) is 18.3 Å². The van der Waals surface area contributed by atoms with Crippen LogP contribution >= 0.6 is 0 Å². The Kier molecular flexibility index (Phi) is 7.38. The third-order valence-corrected chi connectivity index (χ3v) is 4.18. The van der Waals surface area contributed by atoms with E-state index in [-0.39, 0.29) is 17.8 Å². The van der Waals surface area contributed by atoms with Gasteiger partial charge in [0.2, 0.25) is 0 Å². The van der Waals surface area contributed by atoms with Crippen LogP contribution < -0.4 is 9.50 Å². The molecule has 0 amide bonds. The minimum atomic E-state index is -3.59. The van der Waals surface area contributed by atoms with Crippen LogP contribution in [0.5, 0.6) is 5.75 Å². The van der Waals surface area contributed by atoms with Gasteiger partial charge in [0.15, 0.2) is 0 Å². The van der Waals surface area contributed by atoms with Gasteiger partial charge in [-0.3, -0.25) is 4.79 Å². The minimum absolute atomic E-state index is 0.203. The molecule has 0 spiro atoms. The van der Waals surface area contributed by atoms with E-state index in [4.69, 9.17) is 8.92 Å². The fraction of sp³-hybridized carbons (Fsp3) is 0.350. The molecule has 0 aromatic heterocycles. The van der Waals surface area contributed by atoms with Gasteiger partial charge in [-0.05, 0) is 37.1 Å². The number of carbonyl (C=O) groups is 1. The average molecular weight is 391 g/mol. The molecule has 0 aliphatic rings. The number of hydrogen-bond donors (Lipinski definition) is 1. The van der Waals surface area contributed by atoms with Crippen LogP contribution in [0.1, 0.15) is 30.9 Å². The SMILES string of the molecule is CC(C)OC(=O)C(CNCc1ccccc1)c1ccc(OS(C)(=O)=O)cc1. The van der Waals surface area contributed by atoms with E-state index in [0.29, 0.717) is 13.1 Å². The number of ether oxygens (including phenoxy) is 1. The molecule has 146 valence electrons. The number of benzene rings is 2. The molecule has 0 saturated carbocycles. The second-order valence-corrected chi connectivity index (χ2v) is 8.09. The van der Waals surface area contributed by atoms with Crippen LogP contribution in [-0.2, 0) is 26.2 Å². The standard InChI is InChI=1S/C20H25NO5S/c1-15(2)25-20(22)19(14-21-13-16-7-5-4-6-8-16)17-9-11-18(12-10-17)26-27(3,23)24/h4-12,15,19,21H,13-14H2,1-3H3. The topological polar surface area (TPSA) is 81.7 Å². The molecule has 1 atom stereocenters. The first kappa shape index (κ1) is 20.9. The van der Waals surface area contributed by atoms with Gasteiger partial charge in [-0.1, -0.05) is 42.5 Å². The van der Waals surface area contributed by atoms with Crippen molar-refractivity contribution in [2.45, 2.75) is 32.4 Å². The fourth-order valence-electron chi connectivity index (χ4n) is 2.54. The lowest BCUT2D eigenvalue weighted by Crippen LogP contribution is -2.29. The van der Waals surface area contributed by atoms with E-state index < -0.39 is 16.0 Å². The third kappa shape index (κ3) is 7.40. The lowest BCUT2D eigenvalue weighted by molar-refractivity contribution is -0.149. The summed E-state index contributed by atoms with van der Waals surface area (Å²) in [5.41, 5.74) is 1.84. The Labute approximate surface area is 160 Å². The largest absolute Gasteiger partial charge is 0.462 e. The smallest absolute Gasteiger partial charge is 0.314 e. The summed E-state index contributed by atoms with van der Waals surface area (Å²) < 4.78 is 32.7. The highest BCUT2D eigenvalue weighted by Gasteiger charge is 2.23. The Hall–Kier alpha value is -2.38. The van der Waals surface area contributed by atoms with Crippen molar-refractivity contribution in [2.75, 3.05) is 12.8 Å². The van der Waals surface area contributed by atoms with Gasteiger partial charge in [0.1, 0.15) is 5.75 Å². The van der Waals surface area contributed by atoms with Gasteiger partial charge in [0, 0.05) is 13.1 Å². The maximum atomic E-state index is 12.5. The van der Waals surface area contributed by atoms with Crippen LogP contribution in [0, 0.1) is 0 Å². The maximum absolute atomic E-state index is 12.5. The van der Waals surface area contributed by atoms with Gasteiger partial charge >= 0.3 is 16.1 Å². The minimum Gasteiger partial charge on any atom is -0.462 e. The number of hydrogen-bond acceptors (Lipinski definition) is 6. The van der Waals surface area contributed by atoms with E-state index in [2.05, 4.69) is 5.32 Å². The molecular weight excluding hydrogens is 366 g/mol. The van der Waals surface area contributed by atoms with Gasteiger partial charge in [-0.25, -0.2) is 0 Å². The molecule has 0 aliphatic carbocycles. The third-order valence-electron chi connectivity index (χ3n) is 3.69. The summed E-state index contributed by atoms with van der Waals surface area (Å²) in [4.78, 5) is 12.5. The van der Waals surface area contributed by atoms with Gasteiger partial charge in [-0.2, -0.15) is 8.42 Å². The van der Waals surface area contributed by atoms with Crippen LogP contribution in [0.2, 0.25) is 0 Å². The lowest BCUT2D eigenvalue weighted by atomic mass is 9.99. The van der Waals surface area contributed by atoms with E-state index in [1.807, 2.05) is 30.3 Å². The van der Waals surface area contributed by atoms with Crippen LogP contribution in [0.4, 0.5) is 0 Å². The number of carbonyl (C=O) groups excluding carboxylic acids is 1. The highest BCUT2D eigenvalue weighted by molar-refractivity contribution is 7.86. The summed E-state index contributed by atoms with van der Waals surface area (Å²) in [5.74, 6) is -0.639. The summed E-state index contributed by atoms with van der Waals surface area (Å²) in [7, 11) is -3.59. The van der Waals surface area contributed by atoms with Gasteiger partial charge in [0.25, 0.3) is 0 Å². The van der Waals surface area contributed by atoms with E-state index in [0.717, 1.165) is 17.4 Å². The molecular formula is C20H25NO5S. The van der Waals surface area contributed by atoms with E-state index in [9.17, 15) is 13.2 Å². The Morgan fingerprint density at radius 1 is 1.04 bits per heavy atom. The first-order valence-electron chi connectivity index (χ1n) is 8.69. The predicted octanol–water partition coefficient (Wildman–Crippen LogP) is 2.85. The van der Waals surface area contributed by atoms with E-state index in [1.54, 1.807) is 26.0 Å². The van der Waals surface area contributed by atoms with Crippen molar-refractivity contribution in [3.05, 3.63) is 65.7 Å². The molecule has 1 unspecified atom stereocenters. The summed E-state index contributed by atoms with van der Waals surface area (Å²) in [6, 6.07) is 16.3. The van der Waals surface area contributed by atoms with Crippen molar-refractivity contribution < 1.29 is 22.1 Å². The van der Waals surface area contributed by atoms with Crippen LogP contribution in [0.15, 0.2) is 54.6 Å². The van der Waals surface area contributed by atoms with Crippen molar-refractivity contribution in [2.24, 2.45) is 0 Å². The molecule has 0 aliphatic heterocycles. The molecule has 0 radical (unpaired) electrons. The monoisotopic (exact) mass is 391 g/mol. The number of rotatable bonds is 9. The first-order valence-corrected chi connectivity index (χ1v) is 10.5. The molecule has 2 rings (SSSR count). The first-order chi connectivity index (χ1) is 12.7. The van der Waals surface area contributed by atoms with Crippen LogP contribution in [-0.4, -0.2) is 33.3 Å². The zero-order valence-electron chi connectivity index (χ0n) is 15.7. The highest BCUT2D eigenvalue weighted by Crippen LogP contribution is 2.22. The molecule has 0 fully saturated rings. The van der Waals surface area contributed by atoms with Gasteiger partial charge < -0.3 is 14.2 Å². The Morgan fingerprint density at radius 3 is 2.22 bits per heavy atom. The van der Waals surface area contributed by atoms with Crippen molar-refractivity contribution in [1.82, 2.24) is 5.32 Å². The molecule has 0 heterocycles. The van der Waals surface area contributed by atoms with Crippen molar-refractivity contribution >= 4 is 16.1 Å². The Bertz CT molecular complexity index is 832. The molecule has 1 N–H and O–H groups in total. The van der Waals surface area contributed by atoms with Crippen LogP contribution in [0.25, 0.3) is 0 Å². The number of nitrogens with one attached hydrogen (secondary N) is 1. The quantitative estimate of drug-likeness (QED) is 0.523. The van der Waals surface area contributed by atoms with Crippen molar-refractivity contribution in [3.8, 4) is 5.75 Å². The zero-order chi connectivity index (χ0) is 19.9. The second kappa shape index (κ2) is 9.53.